The van der Waals surface area contributed by atoms with E-state index in [0.717, 1.165) is 5.56 Å². The number of carbonyl (C=O) groups is 3. The average Bonchev–Trinajstić information content (AvgIpc) is 2.66. The van der Waals surface area contributed by atoms with Crippen LogP contribution in [0.15, 0.2) is 54.6 Å². The van der Waals surface area contributed by atoms with Crippen molar-refractivity contribution >= 4 is 29.4 Å². The largest absolute Gasteiger partial charge is 0.454 e. The first-order valence-corrected chi connectivity index (χ1v) is 8.75. The van der Waals surface area contributed by atoms with E-state index in [2.05, 4.69) is 5.32 Å². The van der Waals surface area contributed by atoms with Gasteiger partial charge in [0.1, 0.15) is 6.04 Å². The first-order valence-electron chi connectivity index (χ1n) is 8.38. The molecule has 1 atom stereocenters. The Morgan fingerprint density at radius 1 is 1.11 bits per heavy atom. The number of hydrogen-bond acceptors (Lipinski definition) is 4. The van der Waals surface area contributed by atoms with E-state index >= 15 is 0 Å². The number of esters is 1. The quantitative estimate of drug-likeness (QED) is 0.740. The lowest BCUT2D eigenvalue weighted by atomic mass is 10.2. The fourth-order valence-corrected chi connectivity index (χ4v) is 2.51. The van der Waals surface area contributed by atoms with Gasteiger partial charge in [0.2, 0.25) is 0 Å². The van der Waals surface area contributed by atoms with E-state index in [1.54, 1.807) is 55.6 Å². The second kappa shape index (κ2) is 9.73. The van der Waals surface area contributed by atoms with Gasteiger partial charge in [-0.2, -0.15) is 0 Å². The third kappa shape index (κ3) is 6.42. The Balaban J connectivity index is 1.79. The molecule has 2 rings (SSSR count). The minimum absolute atomic E-state index is 0.344. The molecule has 0 heterocycles. The van der Waals surface area contributed by atoms with Gasteiger partial charge in [-0.05, 0) is 36.8 Å². The van der Waals surface area contributed by atoms with Crippen LogP contribution >= 0.6 is 11.6 Å². The van der Waals surface area contributed by atoms with Crippen LogP contribution in [-0.2, 0) is 20.9 Å². The Bertz CT molecular complexity index is 811. The topological polar surface area (TPSA) is 75.7 Å². The van der Waals surface area contributed by atoms with Crippen LogP contribution < -0.4 is 5.32 Å². The number of amides is 2. The maximum Gasteiger partial charge on any atom is 0.328 e. The fourth-order valence-electron chi connectivity index (χ4n) is 2.29. The molecule has 6 nitrogen and oxygen atoms in total. The number of rotatable bonds is 7. The van der Waals surface area contributed by atoms with Crippen LogP contribution in [0.3, 0.4) is 0 Å². The highest BCUT2D eigenvalue weighted by atomic mass is 35.5. The molecule has 1 N–H and O–H groups in total. The molecule has 27 heavy (non-hydrogen) atoms. The molecule has 2 amide bonds. The van der Waals surface area contributed by atoms with E-state index in [0.29, 0.717) is 17.1 Å². The summed E-state index contributed by atoms with van der Waals surface area (Å²) in [5.41, 5.74) is 1.31. The molecule has 0 radical (unpaired) electrons. The maximum atomic E-state index is 12.1. The highest BCUT2D eigenvalue weighted by Gasteiger charge is 2.20. The smallest absolute Gasteiger partial charge is 0.328 e. The van der Waals surface area contributed by atoms with Gasteiger partial charge in [-0.25, -0.2) is 4.79 Å². The molecule has 0 aliphatic heterocycles. The number of carbonyl (C=O) groups excluding carboxylic acids is 3. The molecule has 7 heteroatoms. The summed E-state index contributed by atoms with van der Waals surface area (Å²) < 4.78 is 5.01. The van der Waals surface area contributed by atoms with Gasteiger partial charge in [-0.3, -0.25) is 9.59 Å². The third-order valence-electron chi connectivity index (χ3n) is 3.81. The molecular weight excluding hydrogens is 368 g/mol. The minimum atomic E-state index is -0.872. The van der Waals surface area contributed by atoms with Crippen LogP contribution in [0.2, 0.25) is 5.02 Å². The average molecular weight is 389 g/mol. The van der Waals surface area contributed by atoms with Crippen LogP contribution in [0.4, 0.5) is 0 Å². The van der Waals surface area contributed by atoms with Crippen LogP contribution in [0.5, 0.6) is 0 Å². The summed E-state index contributed by atoms with van der Waals surface area (Å²) in [6.07, 6.45) is 0. The number of nitrogens with zero attached hydrogens (tertiary/aromatic N) is 1. The predicted molar refractivity (Wildman–Crippen MR) is 102 cm³/mol. The Labute approximate surface area is 163 Å². The Kier molecular flexibility index (Phi) is 7.37. The van der Waals surface area contributed by atoms with E-state index < -0.39 is 18.6 Å². The van der Waals surface area contributed by atoms with Gasteiger partial charge in [0.25, 0.3) is 11.8 Å². The number of nitrogens with one attached hydrogen (secondary N) is 1. The summed E-state index contributed by atoms with van der Waals surface area (Å²) in [5.74, 6) is -1.42. The molecule has 142 valence electrons. The van der Waals surface area contributed by atoms with Gasteiger partial charge in [0, 0.05) is 24.2 Å². The fraction of sp³-hybridized carbons (Fsp3) is 0.250. The van der Waals surface area contributed by atoms with Crippen LogP contribution in [-0.4, -0.2) is 42.4 Å². The molecular formula is C20H21ClN2O4. The number of hydrogen-bond donors (Lipinski definition) is 1. The molecule has 0 fully saturated rings. The van der Waals surface area contributed by atoms with Crippen molar-refractivity contribution in [2.24, 2.45) is 0 Å². The van der Waals surface area contributed by atoms with Crippen LogP contribution in [0.25, 0.3) is 0 Å². The van der Waals surface area contributed by atoms with Gasteiger partial charge >= 0.3 is 5.97 Å². The number of likely N-dealkylation sites (N-methyl/N-ethyl adjacent to an activating group) is 1. The number of ether oxygens (including phenoxy) is 1. The SMILES string of the molecule is C[C@H](NC(=O)c1ccccc1)C(=O)OCC(=O)N(C)Cc1cccc(Cl)c1. The van der Waals surface area contributed by atoms with Crippen molar-refractivity contribution in [2.75, 3.05) is 13.7 Å². The first kappa shape index (κ1) is 20.5. The van der Waals surface area contributed by atoms with Gasteiger partial charge in [-0.15, -0.1) is 0 Å². The summed E-state index contributed by atoms with van der Waals surface area (Å²) in [7, 11) is 1.61. The first-order chi connectivity index (χ1) is 12.9. The normalized spacial score (nSPS) is 11.4. The van der Waals surface area contributed by atoms with Crippen molar-refractivity contribution in [1.82, 2.24) is 10.2 Å². The second-order valence-electron chi connectivity index (χ2n) is 6.05. The van der Waals surface area contributed by atoms with Gasteiger partial charge in [0.05, 0.1) is 0 Å². The Morgan fingerprint density at radius 3 is 2.48 bits per heavy atom. The van der Waals surface area contributed by atoms with Crippen molar-refractivity contribution in [3.63, 3.8) is 0 Å². The van der Waals surface area contributed by atoms with Crippen molar-refractivity contribution < 1.29 is 19.1 Å². The highest BCUT2D eigenvalue weighted by molar-refractivity contribution is 6.30. The van der Waals surface area contributed by atoms with Crippen molar-refractivity contribution in [3.05, 3.63) is 70.7 Å². The predicted octanol–water partition coefficient (Wildman–Crippen LogP) is 2.66. The lowest BCUT2D eigenvalue weighted by molar-refractivity contribution is -0.153. The number of benzene rings is 2. The van der Waals surface area contributed by atoms with Crippen LogP contribution in [0, 0.1) is 0 Å². The minimum Gasteiger partial charge on any atom is -0.454 e. The Morgan fingerprint density at radius 2 is 1.81 bits per heavy atom. The lowest BCUT2D eigenvalue weighted by Gasteiger charge is -2.18. The molecule has 2 aromatic rings. The van der Waals surface area contributed by atoms with Crippen molar-refractivity contribution in [3.8, 4) is 0 Å². The zero-order valence-corrected chi connectivity index (χ0v) is 15.9. The van der Waals surface area contributed by atoms with E-state index in [9.17, 15) is 14.4 Å². The molecule has 0 saturated heterocycles. The van der Waals surface area contributed by atoms with Crippen LogP contribution in [0.1, 0.15) is 22.8 Å². The monoisotopic (exact) mass is 388 g/mol. The molecule has 0 aliphatic rings. The summed E-state index contributed by atoms with van der Waals surface area (Å²) in [6.45, 7) is 1.45. The van der Waals surface area contributed by atoms with Gasteiger partial charge < -0.3 is 15.0 Å². The molecule has 0 bridgehead atoms. The van der Waals surface area contributed by atoms with Crippen molar-refractivity contribution in [2.45, 2.75) is 19.5 Å². The molecule has 2 aromatic carbocycles. The van der Waals surface area contributed by atoms with E-state index in [1.165, 1.54) is 11.8 Å². The highest BCUT2D eigenvalue weighted by Crippen LogP contribution is 2.12. The van der Waals surface area contributed by atoms with E-state index in [-0.39, 0.29) is 11.8 Å². The Hall–Kier alpha value is -2.86. The molecule has 0 spiro atoms. The number of halogens is 1. The zero-order chi connectivity index (χ0) is 19.8. The standard InChI is InChI=1S/C20H21ClN2O4/c1-14(22-19(25)16-8-4-3-5-9-16)20(26)27-13-18(24)23(2)12-15-7-6-10-17(21)11-15/h3-11,14H,12-13H2,1-2H3,(H,22,25)/t14-/m0/s1. The summed E-state index contributed by atoms with van der Waals surface area (Å²) in [4.78, 5) is 37.6. The summed E-state index contributed by atoms with van der Waals surface area (Å²) >= 11 is 5.92. The second-order valence-corrected chi connectivity index (χ2v) is 6.49. The van der Waals surface area contributed by atoms with Crippen molar-refractivity contribution in [1.29, 1.82) is 0 Å². The molecule has 0 aliphatic carbocycles. The third-order valence-corrected chi connectivity index (χ3v) is 4.04. The summed E-state index contributed by atoms with van der Waals surface area (Å²) in [5, 5.41) is 3.13. The molecule has 0 aromatic heterocycles. The zero-order valence-electron chi connectivity index (χ0n) is 15.1. The van der Waals surface area contributed by atoms with Gasteiger partial charge in [-0.1, -0.05) is 41.9 Å². The molecule has 0 unspecified atom stereocenters. The summed E-state index contributed by atoms with van der Waals surface area (Å²) in [6, 6.07) is 14.8. The lowest BCUT2D eigenvalue weighted by Crippen LogP contribution is -2.41. The molecule has 0 saturated carbocycles. The van der Waals surface area contributed by atoms with E-state index in [4.69, 9.17) is 16.3 Å². The van der Waals surface area contributed by atoms with E-state index in [1.807, 2.05) is 6.07 Å². The van der Waals surface area contributed by atoms with Gasteiger partial charge in [0.15, 0.2) is 6.61 Å². The maximum absolute atomic E-state index is 12.1.